The van der Waals surface area contributed by atoms with E-state index in [9.17, 15) is 0 Å². The SMILES string of the molecule is [C-]#[N+]c1cc(-c2ccccc2)c2oc3c(-c4cc(C(C)C)c(C)c(C)[n+]4C)c(C)ccc3c2c1. The minimum atomic E-state index is 0.430. The zero-order valence-corrected chi connectivity index (χ0v) is 20.7. The van der Waals surface area contributed by atoms with Crippen LogP contribution in [-0.4, -0.2) is 0 Å². The highest BCUT2D eigenvalue weighted by molar-refractivity contribution is 6.14. The molecule has 34 heavy (non-hydrogen) atoms. The van der Waals surface area contributed by atoms with Crippen molar-refractivity contribution in [1.82, 2.24) is 0 Å². The molecular weight excluding hydrogens is 416 g/mol. The van der Waals surface area contributed by atoms with Crippen molar-refractivity contribution in [1.29, 1.82) is 0 Å². The molecule has 0 amide bonds. The minimum absolute atomic E-state index is 0.430. The molecule has 5 aromatic rings. The lowest BCUT2D eigenvalue weighted by Gasteiger charge is -2.14. The topological polar surface area (TPSA) is 21.4 Å². The fourth-order valence-corrected chi connectivity index (χ4v) is 5.07. The molecule has 3 aromatic carbocycles. The summed E-state index contributed by atoms with van der Waals surface area (Å²) < 4.78 is 8.99. The molecule has 0 bridgehead atoms. The van der Waals surface area contributed by atoms with Crippen LogP contribution in [0.2, 0.25) is 0 Å². The third kappa shape index (κ3) is 3.30. The van der Waals surface area contributed by atoms with Gasteiger partial charge in [0.1, 0.15) is 18.2 Å². The molecule has 0 N–H and O–H groups in total. The van der Waals surface area contributed by atoms with E-state index in [0.717, 1.165) is 44.3 Å². The molecule has 0 fully saturated rings. The summed E-state index contributed by atoms with van der Waals surface area (Å²) in [6, 6.07) is 20.7. The van der Waals surface area contributed by atoms with Gasteiger partial charge < -0.3 is 4.42 Å². The van der Waals surface area contributed by atoms with Gasteiger partial charge in [-0.1, -0.05) is 56.3 Å². The Morgan fingerprint density at radius 1 is 0.882 bits per heavy atom. The first-order valence-corrected chi connectivity index (χ1v) is 11.7. The summed E-state index contributed by atoms with van der Waals surface area (Å²) in [4.78, 5) is 3.76. The van der Waals surface area contributed by atoms with E-state index in [1.807, 2.05) is 30.3 Å². The number of benzene rings is 3. The molecule has 0 aliphatic carbocycles. The van der Waals surface area contributed by atoms with E-state index in [2.05, 4.69) is 81.4 Å². The molecule has 0 aliphatic rings. The molecule has 0 unspecified atom stereocenters. The number of rotatable bonds is 3. The average Bonchev–Trinajstić information content (AvgIpc) is 3.21. The van der Waals surface area contributed by atoms with E-state index in [1.54, 1.807) is 0 Å². The van der Waals surface area contributed by atoms with Gasteiger partial charge in [0, 0.05) is 34.9 Å². The fraction of sp³-hybridized carbons (Fsp3) is 0.226. The molecule has 0 radical (unpaired) electrons. The van der Waals surface area contributed by atoms with E-state index < -0.39 is 0 Å². The number of hydrogen-bond acceptors (Lipinski definition) is 1. The molecule has 3 nitrogen and oxygen atoms in total. The summed E-state index contributed by atoms with van der Waals surface area (Å²) in [6.45, 7) is 18.7. The Balaban J connectivity index is 1.91. The van der Waals surface area contributed by atoms with Gasteiger partial charge in [-0.15, -0.1) is 0 Å². The Kier molecular flexibility index (Phi) is 5.25. The summed E-state index contributed by atoms with van der Waals surface area (Å²) >= 11 is 0. The Bertz CT molecular complexity index is 1620. The molecule has 2 aromatic heterocycles. The Morgan fingerprint density at radius 2 is 1.62 bits per heavy atom. The second-order valence-electron chi connectivity index (χ2n) is 9.49. The molecule has 0 spiro atoms. The lowest BCUT2D eigenvalue weighted by molar-refractivity contribution is -0.667. The summed E-state index contributed by atoms with van der Waals surface area (Å²) in [5.74, 6) is 0.430. The highest BCUT2D eigenvalue weighted by Crippen LogP contribution is 2.43. The van der Waals surface area contributed by atoms with E-state index in [-0.39, 0.29) is 0 Å². The maximum Gasteiger partial charge on any atom is 0.216 e. The zero-order valence-electron chi connectivity index (χ0n) is 20.7. The van der Waals surface area contributed by atoms with Crippen LogP contribution in [0.15, 0.2) is 65.1 Å². The van der Waals surface area contributed by atoms with Gasteiger partial charge in [-0.05, 0) is 48.6 Å². The Labute approximate surface area is 201 Å². The van der Waals surface area contributed by atoms with E-state index in [4.69, 9.17) is 11.0 Å². The van der Waals surface area contributed by atoms with E-state index >= 15 is 0 Å². The van der Waals surface area contributed by atoms with Crippen LogP contribution in [0.5, 0.6) is 0 Å². The number of pyridine rings is 1. The van der Waals surface area contributed by atoms with Gasteiger partial charge in [-0.3, -0.25) is 0 Å². The Morgan fingerprint density at radius 3 is 2.29 bits per heavy atom. The molecule has 2 heterocycles. The number of furan rings is 1. The van der Waals surface area contributed by atoms with Gasteiger partial charge in [0.05, 0.1) is 12.1 Å². The van der Waals surface area contributed by atoms with Crippen molar-refractivity contribution in [3.63, 3.8) is 0 Å². The quantitative estimate of drug-likeness (QED) is 0.202. The largest absolute Gasteiger partial charge is 0.455 e. The second-order valence-corrected chi connectivity index (χ2v) is 9.49. The lowest BCUT2D eigenvalue weighted by atomic mass is 9.93. The fourth-order valence-electron chi connectivity index (χ4n) is 5.07. The van der Waals surface area contributed by atoms with Crippen LogP contribution in [0.4, 0.5) is 5.69 Å². The first-order valence-electron chi connectivity index (χ1n) is 11.7. The number of fused-ring (bicyclic) bond motifs is 3. The summed E-state index contributed by atoms with van der Waals surface area (Å²) in [5.41, 5.74) is 11.7. The lowest BCUT2D eigenvalue weighted by Crippen LogP contribution is -2.36. The van der Waals surface area contributed by atoms with E-state index in [1.165, 1.54) is 22.4 Å². The molecule has 0 saturated carbocycles. The van der Waals surface area contributed by atoms with Crippen LogP contribution in [-0.2, 0) is 7.05 Å². The van der Waals surface area contributed by atoms with Crippen LogP contribution < -0.4 is 4.57 Å². The number of hydrogen-bond donors (Lipinski definition) is 0. The number of aryl methyl sites for hydroxylation is 1. The van der Waals surface area contributed by atoms with Crippen molar-refractivity contribution < 1.29 is 8.98 Å². The number of aromatic nitrogens is 1. The van der Waals surface area contributed by atoms with Crippen LogP contribution in [0.3, 0.4) is 0 Å². The standard InChI is InChI=1S/C31H29N2O/c1-18(2)25-17-28(33(7)21(5)20(25)4)29-19(3)13-14-24-27-16-23(32-6)15-26(30(27)34-31(24)29)22-11-9-8-10-12-22/h8-18H,1-5,7H3/q+1. The van der Waals surface area contributed by atoms with Gasteiger partial charge in [0.2, 0.25) is 5.69 Å². The molecular formula is C31H29N2O+. The van der Waals surface area contributed by atoms with Crippen molar-refractivity contribution in [3.05, 3.63) is 94.5 Å². The van der Waals surface area contributed by atoms with Crippen molar-refractivity contribution in [2.45, 2.75) is 40.5 Å². The Hall–Kier alpha value is -3.90. The smallest absolute Gasteiger partial charge is 0.216 e. The molecule has 0 aliphatic heterocycles. The van der Waals surface area contributed by atoms with Crippen molar-refractivity contribution >= 4 is 27.6 Å². The average molecular weight is 446 g/mol. The molecule has 0 saturated heterocycles. The first-order chi connectivity index (χ1) is 16.3. The molecule has 0 atom stereocenters. The molecule has 5 rings (SSSR count). The van der Waals surface area contributed by atoms with E-state index in [0.29, 0.717) is 11.6 Å². The monoisotopic (exact) mass is 445 g/mol. The van der Waals surface area contributed by atoms with Gasteiger partial charge in [0.15, 0.2) is 11.4 Å². The van der Waals surface area contributed by atoms with Crippen molar-refractivity contribution in [3.8, 4) is 22.4 Å². The normalized spacial score (nSPS) is 11.5. The second kappa shape index (κ2) is 8.15. The molecule has 168 valence electrons. The maximum atomic E-state index is 7.68. The van der Waals surface area contributed by atoms with Crippen LogP contribution in [0.1, 0.15) is 42.1 Å². The summed E-state index contributed by atoms with van der Waals surface area (Å²) in [7, 11) is 2.13. The summed E-state index contributed by atoms with van der Waals surface area (Å²) in [5, 5.41) is 2.03. The van der Waals surface area contributed by atoms with Crippen molar-refractivity contribution in [2.24, 2.45) is 7.05 Å². The van der Waals surface area contributed by atoms with Gasteiger partial charge >= 0.3 is 0 Å². The predicted molar refractivity (Wildman–Crippen MR) is 140 cm³/mol. The predicted octanol–water partition coefficient (Wildman–Crippen LogP) is 8.34. The third-order valence-electron chi connectivity index (χ3n) is 7.16. The number of nitrogens with zero attached hydrogens (tertiary/aromatic N) is 2. The molecule has 3 heteroatoms. The third-order valence-corrected chi connectivity index (χ3v) is 7.16. The van der Waals surface area contributed by atoms with Crippen LogP contribution in [0.25, 0.3) is 49.2 Å². The zero-order chi connectivity index (χ0) is 24.1. The van der Waals surface area contributed by atoms with Gasteiger partial charge in [-0.2, -0.15) is 4.57 Å². The highest BCUT2D eigenvalue weighted by atomic mass is 16.3. The highest BCUT2D eigenvalue weighted by Gasteiger charge is 2.26. The van der Waals surface area contributed by atoms with Gasteiger partial charge in [0.25, 0.3) is 0 Å². The van der Waals surface area contributed by atoms with Gasteiger partial charge in [-0.25, -0.2) is 4.85 Å². The first kappa shape index (κ1) is 21.9. The summed E-state index contributed by atoms with van der Waals surface area (Å²) in [6.07, 6.45) is 0. The maximum absolute atomic E-state index is 7.68. The van der Waals surface area contributed by atoms with Crippen molar-refractivity contribution in [2.75, 3.05) is 0 Å². The van der Waals surface area contributed by atoms with Crippen LogP contribution in [0, 0.1) is 27.3 Å². The minimum Gasteiger partial charge on any atom is -0.455 e. The van der Waals surface area contributed by atoms with Crippen LogP contribution >= 0.6 is 0 Å².